The molecule has 3 aromatic rings. The Morgan fingerprint density at radius 1 is 1.09 bits per heavy atom. The van der Waals surface area contributed by atoms with Crippen molar-refractivity contribution in [1.82, 2.24) is 19.5 Å². The van der Waals surface area contributed by atoms with Gasteiger partial charge in [-0.1, -0.05) is 39.0 Å². The molecule has 0 bridgehead atoms. The zero-order valence-electron chi connectivity index (χ0n) is 25.7. The first kappa shape index (κ1) is 39.9. The quantitative estimate of drug-likeness (QED) is 0.0940. The van der Waals surface area contributed by atoms with Crippen LogP contribution in [0.5, 0.6) is 0 Å². The minimum absolute atomic E-state index is 0. The Labute approximate surface area is 277 Å². The predicted octanol–water partition coefficient (Wildman–Crippen LogP) is 6.42. The Morgan fingerprint density at radius 2 is 1.80 bits per heavy atom. The number of imidazole rings is 1. The van der Waals surface area contributed by atoms with Gasteiger partial charge in [0.15, 0.2) is 26.0 Å². The number of rotatable bonds is 13. The van der Waals surface area contributed by atoms with Crippen LogP contribution in [-0.4, -0.2) is 76.4 Å². The normalized spacial score (nSPS) is 18.9. The second kappa shape index (κ2) is 23.2. The Hall–Kier alpha value is -2.16. The number of aromatic nitrogens is 4. The van der Waals surface area contributed by atoms with Crippen molar-refractivity contribution in [3.8, 4) is 0 Å². The van der Waals surface area contributed by atoms with Gasteiger partial charge >= 0.3 is 16.5 Å². The fourth-order valence-electron chi connectivity index (χ4n) is 3.97. The van der Waals surface area contributed by atoms with Gasteiger partial charge in [-0.15, -0.1) is 11.8 Å². The van der Waals surface area contributed by atoms with Crippen molar-refractivity contribution >= 4 is 43.7 Å². The molecule has 1 saturated heterocycles. The zero-order chi connectivity index (χ0) is 31.5. The van der Waals surface area contributed by atoms with Crippen LogP contribution in [-0.2, 0) is 35.0 Å². The molecule has 1 aliphatic heterocycles. The molecule has 2 aromatic heterocycles. The number of methoxy groups -OCH3 is 1. The largest absolute Gasteiger partial charge is 2.00 e. The Balaban J connectivity index is 0.00000128. The number of carbonyl (C=O) groups excluding carboxylic acids is 1. The number of hydrogen-bond acceptors (Lipinski definition) is 9. The third-order valence-corrected chi connectivity index (χ3v) is 8.15. The van der Waals surface area contributed by atoms with E-state index in [9.17, 15) is 4.79 Å². The molecule has 0 saturated carbocycles. The van der Waals surface area contributed by atoms with Crippen LogP contribution in [0.25, 0.3) is 16.0 Å². The summed E-state index contributed by atoms with van der Waals surface area (Å²) < 4.78 is 25.1. The second-order valence-electron chi connectivity index (χ2n) is 9.06. The fourth-order valence-corrected chi connectivity index (χ4v) is 6.31. The van der Waals surface area contributed by atoms with Gasteiger partial charge in [-0.25, -0.2) is 21.5 Å². The van der Waals surface area contributed by atoms with E-state index in [4.69, 9.17) is 25.1 Å². The third-order valence-electron chi connectivity index (χ3n) is 5.73. The van der Waals surface area contributed by atoms with Crippen LogP contribution in [0.4, 0.5) is 5.82 Å². The second-order valence-corrected chi connectivity index (χ2v) is 11.1. The van der Waals surface area contributed by atoms with E-state index in [0.29, 0.717) is 48.9 Å². The van der Waals surface area contributed by atoms with Crippen molar-refractivity contribution in [1.29, 1.82) is 0 Å². The van der Waals surface area contributed by atoms with E-state index in [-0.39, 0.29) is 54.3 Å². The number of carbonyl (C=O) groups is 1. The average Bonchev–Trinajstić information content (AvgIpc) is 3.60. The number of nitrogens with zero attached hydrogens (tertiary/aromatic N) is 5. The van der Waals surface area contributed by atoms with Gasteiger partial charge in [-0.05, 0) is 18.6 Å². The van der Waals surface area contributed by atoms with Gasteiger partial charge in [0.2, 0.25) is 6.54 Å². The number of ether oxygens (including phenoxy) is 2. The third kappa shape index (κ3) is 12.0. The molecule has 1 aliphatic rings. The van der Waals surface area contributed by atoms with Crippen LogP contribution in [0, 0.1) is 20.4 Å². The van der Waals surface area contributed by atoms with Crippen molar-refractivity contribution < 1.29 is 39.8 Å². The summed E-state index contributed by atoms with van der Waals surface area (Å²) in [5.74, 6) is 0.0665. The van der Waals surface area contributed by atoms with Gasteiger partial charge in [-0.2, -0.15) is 12.8 Å². The summed E-state index contributed by atoms with van der Waals surface area (Å²) in [7, 11) is 1.44. The molecular weight excluding hydrogens is 646 g/mol. The summed E-state index contributed by atoms with van der Waals surface area (Å²) in [5.41, 5.74) is 1.60. The molecule has 11 nitrogen and oxygen atoms in total. The molecular formula is C30H43N6NiO5PS. The van der Waals surface area contributed by atoms with E-state index < -0.39 is 0 Å². The predicted molar refractivity (Wildman–Crippen MR) is 174 cm³/mol. The van der Waals surface area contributed by atoms with E-state index in [2.05, 4.69) is 45.9 Å². The first-order valence-electron chi connectivity index (χ1n) is 14.2. The SMILES string of the molecule is [C-]#[N+]CCOPOC1[C@@H](CC)S[C@@H](n2cnc3c(NC(=O)c4ccccc4)ncnc32)[C@H]1OCCOC.[CH2-]CC.[CH2-]CC.[Ni+2]. The molecule has 44 heavy (non-hydrogen) atoms. The maximum absolute atomic E-state index is 12.7. The van der Waals surface area contributed by atoms with Crippen molar-refractivity contribution in [3.05, 3.63) is 73.8 Å². The van der Waals surface area contributed by atoms with Crippen molar-refractivity contribution in [3.63, 3.8) is 0 Å². The number of nitrogens with one attached hydrogen (secondary N) is 1. The molecule has 0 radical (unpaired) electrons. The molecule has 244 valence electrons. The molecule has 0 spiro atoms. The van der Waals surface area contributed by atoms with Crippen LogP contribution >= 0.6 is 20.8 Å². The minimum Gasteiger partial charge on any atom is -0.382 e. The van der Waals surface area contributed by atoms with Gasteiger partial charge in [0, 0.05) is 17.9 Å². The van der Waals surface area contributed by atoms with Crippen LogP contribution in [0.15, 0.2) is 43.0 Å². The molecule has 3 heterocycles. The molecule has 0 aliphatic carbocycles. The topological polar surface area (TPSA) is 114 Å². The smallest absolute Gasteiger partial charge is 0.382 e. The maximum atomic E-state index is 12.7. The van der Waals surface area contributed by atoms with E-state index >= 15 is 0 Å². The molecule has 5 atom stereocenters. The van der Waals surface area contributed by atoms with Crippen molar-refractivity contribution in [2.75, 3.05) is 38.8 Å². The molecule has 1 fully saturated rings. The Bertz CT molecular complexity index is 1250. The summed E-state index contributed by atoms with van der Waals surface area (Å²) in [6, 6.07) is 8.94. The van der Waals surface area contributed by atoms with E-state index in [1.807, 2.05) is 24.5 Å². The van der Waals surface area contributed by atoms with Gasteiger partial charge in [0.25, 0.3) is 5.91 Å². The van der Waals surface area contributed by atoms with Crippen LogP contribution in [0.1, 0.15) is 55.8 Å². The number of amides is 1. The van der Waals surface area contributed by atoms with Crippen LogP contribution in [0.2, 0.25) is 0 Å². The summed E-state index contributed by atoms with van der Waals surface area (Å²) in [6.45, 7) is 21.5. The number of hydrogen-bond donors (Lipinski definition) is 1. The van der Waals surface area contributed by atoms with E-state index in [1.54, 1.807) is 49.5 Å². The van der Waals surface area contributed by atoms with E-state index in [1.165, 1.54) is 6.33 Å². The Morgan fingerprint density at radius 3 is 2.43 bits per heavy atom. The number of thioether (sulfide) groups is 1. The first-order valence-corrected chi connectivity index (χ1v) is 16.0. The molecule has 1 N–H and O–H groups in total. The molecule has 1 amide bonds. The summed E-state index contributed by atoms with van der Waals surface area (Å²) in [4.78, 5) is 29.3. The van der Waals surface area contributed by atoms with Crippen LogP contribution in [0.3, 0.4) is 0 Å². The maximum Gasteiger partial charge on any atom is 2.00 e. The van der Waals surface area contributed by atoms with Crippen LogP contribution < -0.4 is 5.32 Å². The monoisotopic (exact) mass is 688 g/mol. The van der Waals surface area contributed by atoms with Gasteiger partial charge < -0.3 is 42.5 Å². The first-order chi connectivity index (χ1) is 21.0. The average molecular weight is 689 g/mol. The zero-order valence-corrected chi connectivity index (χ0v) is 28.5. The van der Waals surface area contributed by atoms with Crippen molar-refractivity contribution in [2.24, 2.45) is 0 Å². The Kier molecular flexibility index (Phi) is 21.0. The van der Waals surface area contributed by atoms with Crippen molar-refractivity contribution in [2.45, 2.75) is 62.9 Å². The molecule has 2 unspecified atom stereocenters. The summed E-state index contributed by atoms with van der Waals surface area (Å²) in [6.07, 6.45) is 5.42. The number of benzene rings is 1. The summed E-state index contributed by atoms with van der Waals surface area (Å²) in [5, 5.41) is 2.81. The van der Waals surface area contributed by atoms with Gasteiger partial charge in [0.05, 0.1) is 19.5 Å². The minimum atomic E-state index is -0.322. The number of anilines is 1. The number of fused-ring (bicyclic) bond motifs is 1. The molecule has 4 rings (SSSR count). The summed E-state index contributed by atoms with van der Waals surface area (Å²) >= 11 is 1.73. The van der Waals surface area contributed by atoms with E-state index in [0.717, 1.165) is 19.3 Å². The molecule has 14 heteroatoms. The fraction of sp³-hybridized carbons (Fsp3) is 0.500. The van der Waals surface area contributed by atoms with Gasteiger partial charge in [0.1, 0.15) is 30.5 Å². The standard InChI is InChI=1S/C24H29N6O5PS.2C3H7.Ni/c1-4-17-19(35-36-34-11-10-25-2)20(33-13-12-32-3)24(37-17)30-15-28-18-21(26-14-27-22(18)30)29-23(31)16-8-6-5-7-9-16;2*1-3-2;/h5-9,14-15,17,19-20,24,36H,4,10-13H2,1,3H3,(H,26,27,29,31);2*1,3H2,2H3;/q;2*-1;+2/t17-,19?,20+,24-;;;/m1.../s1. The van der Waals surface area contributed by atoms with Gasteiger partial charge in [-0.3, -0.25) is 9.36 Å². The molecule has 1 aromatic carbocycles.